The molecule has 0 radical (unpaired) electrons. The molecule has 2 fully saturated rings. The van der Waals surface area contributed by atoms with Crippen LogP contribution < -0.4 is 5.32 Å². The van der Waals surface area contributed by atoms with E-state index < -0.39 is 0 Å². The number of rotatable bonds is 4. The third-order valence-corrected chi connectivity index (χ3v) is 4.63. The van der Waals surface area contributed by atoms with Crippen molar-refractivity contribution in [2.45, 2.75) is 52.0 Å². The number of amides is 1. The van der Waals surface area contributed by atoms with Gasteiger partial charge >= 0.3 is 0 Å². The van der Waals surface area contributed by atoms with Crippen LogP contribution in [0.15, 0.2) is 0 Å². The minimum absolute atomic E-state index is 0.0919. The standard InChI is InChI=1S/C14H26N2O/c1-3-16(4-2)14(17)13-10-12(8-9-15-13)11-6-5-7-11/h11-13,15H,3-10H2,1-2H3. The minimum Gasteiger partial charge on any atom is -0.342 e. The van der Waals surface area contributed by atoms with Crippen LogP contribution in [0, 0.1) is 11.8 Å². The Balaban J connectivity index is 1.89. The maximum atomic E-state index is 12.3. The van der Waals surface area contributed by atoms with Crippen LogP contribution >= 0.6 is 0 Å². The van der Waals surface area contributed by atoms with Crippen LogP contribution in [0.1, 0.15) is 46.0 Å². The summed E-state index contributed by atoms with van der Waals surface area (Å²) in [6.45, 7) is 6.82. The first-order valence-corrected chi connectivity index (χ1v) is 7.28. The summed E-state index contributed by atoms with van der Waals surface area (Å²) in [5.41, 5.74) is 0. The number of piperidine rings is 1. The van der Waals surface area contributed by atoms with Crippen molar-refractivity contribution >= 4 is 5.91 Å². The number of nitrogens with zero attached hydrogens (tertiary/aromatic N) is 1. The summed E-state index contributed by atoms with van der Waals surface area (Å²) in [6.07, 6.45) is 6.55. The van der Waals surface area contributed by atoms with Gasteiger partial charge in [-0.1, -0.05) is 19.3 Å². The largest absolute Gasteiger partial charge is 0.342 e. The molecule has 3 nitrogen and oxygen atoms in total. The second-order valence-electron chi connectivity index (χ2n) is 5.49. The molecule has 2 rings (SSSR count). The van der Waals surface area contributed by atoms with E-state index in [0.29, 0.717) is 5.91 Å². The molecular weight excluding hydrogens is 212 g/mol. The Kier molecular flexibility index (Phi) is 4.43. The fourth-order valence-electron chi connectivity index (χ4n) is 3.23. The topological polar surface area (TPSA) is 32.3 Å². The van der Waals surface area contributed by atoms with Crippen LogP contribution in [0.2, 0.25) is 0 Å². The van der Waals surface area contributed by atoms with Gasteiger partial charge in [-0.05, 0) is 45.1 Å². The quantitative estimate of drug-likeness (QED) is 0.812. The zero-order chi connectivity index (χ0) is 12.3. The number of carbonyl (C=O) groups is 1. The molecule has 1 amide bonds. The average Bonchev–Trinajstić information content (AvgIpc) is 2.28. The van der Waals surface area contributed by atoms with E-state index in [1.807, 2.05) is 4.90 Å². The first-order valence-electron chi connectivity index (χ1n) is 7.28. The molecule has 2 unspecified atom stereocenters. The van der Waals surface area contributed by atoms with Crippen LogP contribution in [0.25, 0.3) is 0 Å². The van der Waals surface area contributed by atoms with Crippen molar-refractivity contribution in [2.24, 2.45) is 11.8 Å². The molecular formula is C14H26N2O. The van der Waals surface area contributed by atoms with E-state index in [1.54, 1.807) is 0 Å². The maximum Gasteiger partial charge on any atom is 0.239 e. The summed E-state index contributed by atoms with van der Waals surface area (Å²) in [6, 6.07) is 0.0919. The molecule has 1 aliphatic heterocycles. The van der Waals surface area contributed by atoms with Crippen LogP contribution in [0.5, 0.6) is 0 Å². The van der Waals surface area contributed by atoms with Gasteiger partial charge < -0.3 is 10.2 Å². The van der Waals surface area contributed by atoms with Gasteiger partial charge in [0.15, 0.2) is 0 Å². The predicted octanol–water partition coefficient (Wildman–Crippen LogP) is 2.02. The third kappa shape index (κ3) is 2.82. The Morgan fingerprint density at radius 3 is 2.41 bits per heavy atom. The molecule has 0 aromatic rings. The fourth-order valence-corrected chi connectivity index (χ4v) is 3.23. The van der Waals surface area contributed by atoms with Crippen molar-refractivity contribution in [1.82, 2.24) is 10.2 Å². The van der Waals surface area contributed by atoms with E-state index in [2.05, 4.69) is 19.2 Å². The van der Waals surface area contributed by atoms with Gasteiger partial charge in [-0.25, -0.2) is 0 Å². The van der Waals surface area contributed by atoms with Gasteiger partial charge in [0.05, 0.1) is 6.04 Å². The lowest BCUT2D eigenvalue weighted by atomic mass is 9.71. The molecule has 1 saturated heterocycles. The van der Waals surface area contributed by atoms with Crippen LogP contribution in [-0.2, 0) is 4.79 Å². The molecule has 17 heavy (non-hydrogen) atoms. The van der Waals surface area contributed by atoms with Gasteiger partial charge in [0.1, 0.15) is 0 Å². The molecule has 1 N–H and O–H groups in total. The van der Waals surface area contributed by atoms with Crippen molar-refractivity contribution in [1.29, 1.82) is 0 Å². The summed E-state index contributed by atoms with van der Waals surface area (Å²) < 4.78 is 0. The lowest BCUT2D eigenvalue weighted by Crippen LogP contribution is -2.51. The van der Waals surface area contributed by atoms with Crippen molar-refractivity contribution in [3.63, 3.8) is 0 Å². The van der Waals surface area contributed by atoms with E-state index in [0.717, 1.165) is 37.9 Å². The molecule has 1 aliphatic carbocycles. The van der Waals surface area contributed by atoms with Crippen LogP contribution in [0.3, 0.4) is 0 Å². The van der Waals surface area contributed by atoms with Gasteiger partial charge in [0.25, 0.3) is 0 Å². The summed E-state index contributed by atoms with van der Waals surface area (Å²) in [5, 5.41) is 3.41. The van der Waals surface area contributed by atoms with Crippen molar-refractivity contribution in [2.75, 3.05) is 19.6 Å². The Labute approximate surface area is 105 Å². The smallest absolute Gasteiger partial charge is 0.239 e. The zero-order valence-corrected chi connectivity index (χ0v) is 11.2. The van der Waals surface area contributed by atoms with E-state index in [1.165, 1.54) is 25.7 Å². The molecule has 98 valence electrons. The molecule has 3 heteroatoms. The molecule has 1 heterocycles. The lowest BCUT2D eigenvalue weighted by Gasteiger charge is -2.40. The summed E-state index contributed by atoms with van der Waals surface area (Å²) >= 11 is 0. The van der Waals surface area contributed by atoms with E-state index in [4.69, 9.17) is 0 Å². The van der Waals surface area contributed by atoms with E-state index >= 15 is 0 Å². The molecule has 0 bridgehead atoms. The molecule has 2 aliphatic rings. The van der Waals surface area contributed by atoms with E-state index in [9.17, 15) is 4.79 Å². The van der Waals surface area contributed by atoms with Gasteiger partial charge in [0.2, 0.25) is 5.91 Å². The fraction of sp³-hybridized carbons (Fsp3) is 0.929. The minimum atomic E-state index is 0.0919. The Bertz CT molecular complexity index is 259. The highest BCUT2D eigenvalue weighted by atomic mass is 16.2. The Hall–Kier alpha value is -0.570. The second kappa shape index (κ2) is 5.85. The SMILES string of the molecule is CCN(CC)C(=O)C1CC(C2CCC2)CCN1. The number of likely N-dealkylation sites (N-methyl/N-ethyl adjacent to an activating group) is 1. The summed E-state index contributed by atoms with van der Waals surface area (Å²) in [4.78, 5) is 14.3. The van der Waals surface area contributed by atoms with Gasteiger partial charge in [-0.3, -0.25) is 4.79 Å². The third-order valence-electron chi connectivity index (χ3n) is 4.63. The average molecular weight is 238 g/mol. The number of carbonyl (C=O) groups excluding carboxylic acids is 1. The Morgan fingerprint density at radius 2 is 1.88 bits per heavy atom. The number of hydrogen-bond acceptors (Lipinski definition) is 2. The number of hydrogen-bond donors (Lipinski definition) is 1. The van der Waals surface area contributed by atoms with Gasteiger partial charge in [-0.2, -0.15) is 0 Å². The second-order valence-corrected chi connectivity index (χ2v) is 5.49. The molecule has 1 saturated carbocycles. The summed E-state index contributed by atoms with van der Waals surface area (Å²) in [5.74, 6) is 2.04. The highest BCUT2D eigenvalue weighted by Crippen LogP contribution is 2.38. The molecule has 0 aromatic carbocycles. The normalized spacial score (nSPS) is 29.8. The molecule has 0 aromatic heterocycles. The van der Waals surface area contributed by atoms with Crippen molar-refractivity contribution < 1.29 is 4.79 Å². The van der Waals surface area contributed by atoms with Crippen LogP contribution in [0.4, 0.5) is 0 Å². The van der Waals surface area contributed by atoms with E-state index in [-0.39, 0.29) is 6.04 Å². The monoisotopic (exact) mass is 238 g/mol. The first-order chi connectivity index (χ1) is 8.26. The summed E-state index contributed by atoms with van der Waals surface area (Å²) in [7, 11) is 0. The highest BCUT2D eigenvalue weighted by molar-refractivity contribution is 5.82. The highest BCUT2D eigenvalue weighted by Gasteiger charge is 2.34. The molecule has 0 spiro atoms. The zero-order valence-electron chi connectivity index (χ0n) is 11.2. The maximum absolute atomic E-state index is 12.3. The van der Waals surface area contributed by atoms with Gasteiger partial charge in [0, 0.05) is 13.1 Å². The Morgan fingerprint density at radius 1 is 1.18 bits per heavy atom. The van der Waals surface area contributed by atoms with Crippen molar-refractivity contribution in [3.05, 3.63) is 0 Å². The first kappa shape index (κ1) is 12.9. The predicted molar refractivity (Wildman–Crippen MR) is 69.8 cm³/mol. The van der Waals surface area contributed by atoms with Crippen molar-refractivity contribution in [3.8, 4) is 0 Å². The van der Waals surface area contributed by atoms with Gasteiger partial charge in [-0.15, -0.1) is 0 Å². The number of nitrogens with one attached hydrogen (secondary N) is 1. The molecule has 2 atom stereocenters. The van der Waals surface area contributed by atoms with Crippen LogP contribution in [-0.4, -0.2) is 36.5 Å². The lowest BCUT2D eigenvalue weighted by molar-refractivity contribution is -0.134.